The van der Waals surface area contributed by atoms with Crippen LogP contribution in [0.15, 0.2) is 30.3 Å². The van der Waals surface area contributed by atoms with Crippen LogP contribution in [-0.2, 0) is 21.6 Å². The van der Waals surface area contributed by atoms with Crippen LogP contribution in [0.4, 0.5) is 4.79 Å². The highest BCUT2D eigenvalue weighted by Gasteiger charge is 2.35. The minimum absolute atomic E-state index is 0.0548. The van der Waals surface area contributed by atoms with E-state index in [4.69, 9.17) is 9.29 Å². The molecule has 1 saturated heterocycles. The Morgan fingerprint density at radius 1 is 1.37 bits per heavy atom. The van der Waals surface area contributed by atoms with Gasteiger partial charge in [-0.2, -0.15) is 12.7 Å². The number of carbonyl (C=O) groups excluding carboxylic acids is 1. The van der Waals surface area contributed by atoms with Crippen molar-refractivity contribution >= 4 is 16.4 Å². The summed E-state index contributed by atoms with van der Waals surface area (Å²) in [6.07, 6.45) is -0.608. The smallest absolute Gasteiger partial charge is 0.407 e. The van der Waals surface area contributed by atoms with E-state index in [-0.39, 0.29) is 25.7 Å². The molecule has 19 heavy (non-hydrogen) atoms. The molecule has 2 rings (SSSR count). The molecular weight excluding hydrogens is 272 g/mol. The maximum absolute atomic E-state index is 11.4. The van der Waals surface area contributed by atoms with Crippen molar-refractivity contribution in [2.75, 3.05) is 13.1 Å². The zero-order chi connectivity index (χ0) is 13.9. The van der Waals surface area contributed by atoms with Gasteiger partial charge in [0, 0.05) is 13.1 Å². The monoisotopic (exact) mass is 286 g/mol. The number of nitrogens with zero attached hydrogens (tertiary/aromatic N) is 1. The fourth-order valence-electron chi connectivity index (χ4n) is 1.65. The molecule has 0 aromatic heterocycles. The zero-order valence-corrected chi connectivity index (χ0v) is 10.8. The van der Waals surface area contributed by atoms with Gasteiger partial charge < -0.3 is 10.1 Å². The SMILES string of the molecule is O=C(NC1CN(S(=O)(=O)O)C1)OCc1ccccc1. The molecule has 0 saturated carbocycles. The molecule has 1 aromatic carbocycles. The lowest BCUT2D eigenvalue weighted by molar-refractivity contribution is 0.121. The number of alkyl carbamates (subject to hydrolysis) is 1. The first kappa shape index (κ1) is 13.8. The van der Waals surface area contributed by atoms with Gasteiger partial charge in [0.1, 0.15) is 6.61 Å². The third kappa shape index (κ3) is 3.91. The van der Waals surface area contributed by atoms with Gasteiger partial charge in [0.15, 0.2) is 0 Å². The van der Waals surface area contributed by atoms with Crippen LogP contribution in [-0.4, -0.2) is 42.5 Å². The molecule has 0 bridgehead atoms. The molecule has 1 aromatic rings. The summed E-state index contributed by atoms with van der Waals surface area (Å²) in [6, 6.07) is 8.87. The summed E-state index contributed by atoms with van der Waals surface area (Å²) in [5.41, 5.74) is 0.867. The minimum atomic E-state index is -4.15. The molecular formula is C11H14N2O5S. The molecule has 1 fully saturated rings. The van der Waals surface area contributed by atoms with Crippen LogP contribution in [0.2, 0.25) is 0 Å². The second-order valence-electron chi connectivity index (χ2n) is 4.20. The van der Waals surface area contributed by atoms with Crippen LogP contribution >= 0.6 is 0 Å². The van der Waals surface area contributed by atoms with Crippen LogP contribution in [0.3, 0.4) is 0 Å². The lowest BCUT2D eigenvalue weighted by Gasteiger charge is -2.35. The maximum atomic E-state index is 11.4. The largest absolute Gasteiger partial charge is 0.445 e. The number of hydrogen-bond acceptors (Lipinski definition) is 4. The summed E-state index contributed by atoms with van der Waals surface area (Å²) in [6.45, 7) is 0.264. The highest BCUT2D eigenvalue weighted by molar-refractivity contribution is 7.83. The summed E-state index contributed by atoms with van der Waals surface area (Å²) in [5.74, 6) is 0. The van der Waals surface area contributed by atoms with Crippen LogP contribution in [0, 0.1) is 0 Å². The molecule has 0 atom stereocenters. The van der Waals surface area contributed by atoms with Gasteiger partial charge in [-0.1, -0.05) is 30.3 Å². The average Bonchev–Trinajstić information content (AvgIpc) is 2.30. The maximum Gasteiger partial charge on any atom is 0.407 e. The third-order valence-corrected chi connectivity index (χ3v) is 3.66. The van der Waals surface area contributed by atoms with E-state index in [0.717, 1.165) is 9.87 Å². The van der Waals surface area contributed by atoms with E-state index in [1.165, 1.54) is 0 Å². The molecule has 1 aliphatic rings. The number of nitrogens with one attached hydrogen (secondary N) is 1. The standard InChI is InChI=1S/C11H14N2O5S/c14-11(18-8-9-4-2-1-3-5-9)12-10-6-13(7-10)19(15,16)17/h1-5,10H,6-8H2,(H,12,14)(H,15,16,17). The first-order chi connectivity index (χ1) is 8.95. The van der Waals surface area contributed by atoms with Gasteiger partial charge in [0.05, 0.1) is 6.04 Å². The molecule has 1 amide bonds. The Morgan fingerprint density at radius 2 is 2.00 bits per heavy atom. The molecule has 0 radical (unpaired) electrons. The fourth-order valence-corrected chi connectivity index (χ4v) is 2.39. The second kappa shape index (κ2) is 5.55. The Balaban J connectivity index is 1.69. The zero-order valence-electron chi connectivity index (χ0n) is 10.0. The van der Waals surface area contributed by atoms with Crippen molar-refractivity contribution in [1.82, 2.24) is 9.62 Å². The Bertz CT molecular complexity index is 539. The first-order valence-corrected chi connectivity index (χ1v) is 7.04. The van der Waals surface area contributed by atoms with Crippen molar-refractivity contribution in [3.8, 4) is 0 Å². The van der Waals surface area contributed by atoms with Crippen LogP contribution in [0.5, 0.6) is 0 Å². The summed E-state index contributed by atoms with van der Waals surface area (Å²) in [4.78, 5) is 11.4. The van der Waals surface area contributed by atoms with E-state index < -0.39 is 16.4 Å². The summed E-state index contributed by atoms with van der Waals surface area (Å²) < 4.78 is 35.9. The topological polar surface area (TPSA) is 95.9 Å². The molecule has 2 N–H and O–H groups in total. The predicted molar refractivity (Wildman–Crippen MR) is 66.7 cm³/mol. The van der Waals surface area contributed by atoms with Gasteiger partial charge in [0.25, 0.3) is 0 Å². The van der Waals surface area contributed by atoms with Crippen molar-refractivity contribution in [2.24, 2.45) is 0 Å². The Kier molecular flexibility index (Phi) is 4.03. The van der Waals surface area contributed by atoms with E-state index in [0.29, 0.717) is 0 Å². The summed E-state index contributed by atoms with van der Waals surface area (Å²) in [5, 5.41) is 2.51. The number of benzene rings is 1. The molecule has 1 aliphatic heterocycles. The highest BCUT2D eigenvalue weighted by atomic mass is 32.2. The lowest BCUT2D eigenvalue weighted by atomic mass is 10.2. The van der Waals surface area contributed by atoms with Crippen molar-refractivity contribution < 1.29 is 22.5 Å². The second-order valence-corrected chi connectivity index (χ2v) is 5.61. The number of carbonyl (C=O) groups is 1. The number of rotatable bonds is 4. The quantitative estimate of drug-likeness (QED) is 0.781. The molecule has 7 nitrogen and oxygen atoms in total. The van der Waals surface area contributed by atoms with E-state index in [1.54, 1.807) is 0 Å². The average molecular weight is 286 g/mol. The molecule has 0 unspecified atom stereocenters. The van der Waals surface area contributed by atoms with E-state index in [2.05, 4.69) is 5.32 Å². The molecule has 0 aliphatic carbocycles. The van der Waals surface area contributed by atoms with Gasteiger partial charge in [-0.15, -0.1) is 0 Å². The summed E-state index contributed by atoms with van der Waals surface area (Å²) >= 11 is 0. The Labute approximate surface area is 111 Å². The van der Waals surface area contributed by atoms with E-state index in [9.17, 15) is 13.2 Å². The Morgan fingerprint density at radius 3 is 2.58 bits per heavy atom. The van der Waals surface area contributed by atoms with Gasteiger partial charge in [0.2, 0.25) is 0 Å². The molecule has 104 valence electrons. The summed E-state index contributed by atoms with van der Waals surface area (Å²) in [7, 11) is -4.15. The number of amides is 1. The van der Waals surface area contributed by atoms with Crippen LogP contribution in [0.25, 0.3) is 0 Å². The fraction of sp³-hybridized carbons (Fsp3) is 0.364. The van der Waals surface area contributed by atoms with Gasteiger partial charge >= 0.3 is 16.4 Å². The van der Waals surface area contributed by atoms with Crippen LogP contribution < -0.4 is 5.32 Å². The predicted octanol–water partition coefficient (Wildman–Crippen LogP) is 0.400. The van der Waals surface area contributed by atoms with Crippen molar-refractivity contribution in [3.05, 3.63) is 35.9 Å². The molecule has 8 heteroatoms. The van der Waals surface area contributed by atoms with E-state index >= 15 is 0 Å². The first-order valence-electron chi connectivity index (χ1n) is 5.65. The third-order valence-electron chi connectivity index (χ3n) is 2.71. The minimum Gasteiger partial charge on any atom is -0.445 e. The van der Waals surface area contributed by atoms with Gasteiger partial charge in [-0.25, -0.2) is 4.79 Å². The number of hydrogen-bond donors (Lipinski definition) is 2. The van der Waals surface area contributed by atoms with Crippen LogP contribution in [0.1, 0.15) is 5.56 Å². The Hall–Kier alpha value is -1.64. The van der Waals surface area contributed by atoms with Crippen molar-refractivity contribution in [2.45, 2.75) is 12.6 Å². The molecule has 0 spiro atoms. The van der Waals surface area contributed by atoms with Crippen molar-refractivity contribution in [1.29, 1.82) is 0 Å². The van der Waals surface area contributed by atoms with Crippen molar-refractivity contribution in [3.63, 3.8) is 0 Å². The van der Waals surface area contributed by atoms with E-state index in [1.807, 2.05) is 30.3 Å². The van der Waals surface area contributed by atoms with Gasteiger partial charge in [-0.05, 0) is 5.56 Å². The lowest BCUT2D eigenvalue weighted by Crippen LogP contribution is -2.60. The highest BCUT2D eigenvalue weighted by Crippen LogP contribution is 2.12. The number of ether oxygens (including phenoxy) is 1. The molecule has 1 heterocycles. The van der Waals surface area contributed by atoms with Gasteiger partial charge in [-0.3, -0.25) is 4.55 Å². The normalized spacial score (nSPS) is 16.7.